The maximum atomic E-state index is 14.5. The average Bonchev–Trinajstić information content (AvgIpc) is 3.50. The van der Waals surface area contributed by atoms with Crippen molar-refractivity contribution in [3.05, 3.63) is 40.8 Å². The van der Waals surface area contributed by atoms with Gasteiger partial charge in [-0.05, 0) is 30.9 Å². The lowest BCUT2D eigenvalue weighted by Crippen LogP contribution is -2.19. The zero-order chi connectivity index (χ0) is 23.1. The molecule has 0 bridgehead atoms. The van der Waals surface area contributed by atoms with E-state index >= 15 is 0 Å². The topological polar surface area (TPSA) is 79.0 Å². The molecule has 11 heteroatoms. The van der Waals surface area contributed by atoms with Crippen LogP contribution in [0.15, 0.2) is 18.2 Å². The molecule has 32 heavy (non-hydrogen) atoms. The van der Waals surface area contributed by atoms with Gasteiger partial charge in [0.15, 0.2) is 11.6 Å². The van der Waals surface area contributed by atoms with Gasteiger partial charge in [-0.1, -0.05) is 6.07 Å². The number of H-pyrrole nitrogens is 1. The Kier molecular flexibility index (Phi) is 8.41. The standard InChI is InChI=1S/C17H20FN3OS.C4H6F3NO/c1-22-12-4-2-10(6-12)15-7-16(21-20-15)19-14-5-3-11-8-23-9-13(11)17(14)18;5-4(6,7)1-2-8-3-9/h3,5,7,10,12H,2,4,6,8-9H2,1H3,(H2,19,20,21);3H,1-2H2,(H,8,9). The second-order valence-electron chi connectivity index (χ2n) is 7.70. The number of ether oxygens (including phenoxy) is 1. The predicted molar refractivity (Wildman–Crippen MR) is 115 cm³/mol. The minimum Gasteiger partial charge on any atom is -0.381 e. The molecule has 2 heterocycles. The number of alkyl halides is 3. The van der Waals surface area contributed by atoms with Crippen molar-refractivity contribution >= 4 is 29.7 Å². The number of rotatable bonds is 7. The van der Waals surface area contributed by atoms with Crippen LogP contribution in [0.2, 0.25) is 0 Å². The van der Waals surface area contributed by atoms with Crippen molar-refractivity contribution < 1.29 is 27.1 Å². The Morgan fingerprint density at radius 1 is 1.31 bits per heavy atom. The molecular weight excluding hydrogens is 448 g/mol. The predicted octanol–water partition coefficient (Wildman–Crippen LogP) is 5.01. The summed E-state index contributed by atoms with van der Waals surface area (Å²) in [5.74, 6) is 2.64. The molecule has 4 rings (SSSR count). The molecule has 2 unspecified atom stereocenters. The number of thioether (sulfide) groups is 1. The number of aromatic amines is 1. The summed E-state index contributed by atoms with van der Waals surface area (Å²) in [7, 11) is 1.77. The minimum atomic E-state index is -4.17. The van der Waals surface area contributed by atoms with Gasteiger partial charge >= 0.3 is 6.18 Å². The highest BCUT2D eigenvalue weighted by atomic mass is 32.2. The summed E-state index contributed by atoms with van der Waals surface area (Å²) < 4.78 is 53.6. The first-order valence-electron chi connectivity index (χ1n) is 10.3. The van der Waals surface area contributed by atoms with Gasteiger partial charge in [0.25, 0.3) is 0 Å². The van der Waals surface area contributed by atoms with Crippen molar-refractivity contribution in [2.24, 2.45) is 0 Å². The van der Waals surface area contributed by atoms with Crippen molar-refractivity contribution in [1.82, 2.24) is 15.5 Å². The molecule has 1 aromatic carbocycles. The average molecular weight is 475 g/mol. The molecule has 0 spiro atoms. The summed E-state index contributed by atoms with van der Waals surface area (Å²) in [4.78, 5) is 9.41. The molecule has 1 saturated carbocycles. The number of methoxy groups -OCH3 is 1. The Labute approximate surface area is 187 Å². The summed E-state index contributed by atoms with van der Waals surface area (Å²) in [5, 5.41) is 12.4. The lowest BCUT2D eigenvalue weighted by molar-refractivity contribution is -0.134. The molecule has 2 aliphatic rings. The highest BCUT2D eigenvalue weighted by Crippen LogP contribution is 2.37. The molecular formula is C21H26F4N4O2S. The van der Waals surface area contributed by atoms with E-state index < -0.39 is 12.6 Å². The van der Waals surface area contributed by atoms with E-state index in [4.69, 9.17) is 4.74 Å². The fourth-order valence-corrected chi connectivity index (χ4v) is 4.88. The Bertz CT molecular complexity index is 906. The number of carbonyl (C=O) groups is 1. The van der Waals surface area contributed by atoms with Gasteiger partial charge in [-0.15, -0.1) is 0 Å². The van der Waals surface area contributed by atoms with Gasteiger partial charge in [0.2, 0.25) is 6.41 Å². The van der Waals surface area contributed by atoms with Crippen LogP contribution >= 0.6 is 11.8 Å². The van der Waals surface area contributed by atoms with Crippen molar-refractivity contribution in [3.63, 3.8) is 0 Å². The SMILES string of the molecule is COC1CCC(c2cc(Nc3ccc4c(c3F)CSC4)n[nH]2)C1.O=CNCCC(F)(F)F. The van der Waals surface area contributed by atoms with Crippen LogP contribution in [0.4, 0.5) is 29.1 Å². The highest BCUT2D eigenvalue weighted by molar-refractivity contribution is 7.98. The van der Waals surface area contributed by atoms with Crippen LogP contribution < -0.4 is 10.6 Å². The first-order chi connectivity index (χ1) is 15.3. The molecule has 6 nitrogen and oxygen atoms in total. The molecule has 3 N–H and O–H groups in total. The molecule has 1 aliphatic carbocycles. The van der Waals surface area contributed by atoms with E-state index in [1.807, 2.05) is 23.5 Å². The number of halogens is 4. The molecule has 0 radical (unpaired) electrons. The molecule has 2 atom stereocenters. The number of amides is 1. The van der Waals surface area contributed by atoms with E-state index in [1.54, 1.807) is 18.9 Å². The molecule has 1 amide bonds. The Balaban J connectivity index is 0.000000275. The summed E-state index contributed by atoms with van der Waals surface area (Å²) >= 11 is 1.75. The molecule has 2 aromatic rings. The maximum Gasteiger partial charge on any atom is 0.390 e. The number of fused-ring (bicyclic) bond motifs is 1. The van der Waals surface area contributed by atoms with Gasteiger partial charge in [0.05, 0.1) is 18.2 Å². The summed E-state index contributed by atoms with van der Waals surface area (Å²) in [5.41, 5.74) is 3.54. The van der Waals surface area contributed by atoms with Crippen molar-refractivity contribution in [2.45, 2.75) is 55.4 Å². The lowest BCUT2D eigenvalue weighted by atomic mass is 10.0. The fourth-order valence-electron chi connectivity index (χ4n) is 3.77. The van der Waals surface area contributed by atoms with Gasteiger partial charge in [-0.3, -0.25) is 9.89 Å². The van der Waals surface area contributed by atoms with E-state index in [1.165, 1.54) is 0 Å². The van der Waals surface area contributed by atoms with Crippen LogP contribution in [0.5, 0.6) is 0 Å². The third-order valence-corrected chi connectivity index (χ3v) is 6.51. The molecule has 1 fully saturated rings. The summed E-state index contributed by atoms with van der Waals surface area (Å²) in [6, 6.07) is 5.81. The van der Waals surface area contributed by atoms with Crippen LogP contribution in [0.3, 0.4) is 0 Å². The van der Waals surface area contributed by atoms with Crippen molar-refractivity contribution in [2.75, 3.05) is 19.0 Å². The first-order valence-corrected chi connectivity index (χ1v) is 11.4. The van der Waals surface area contributed by atoms with Gasteiger partial charge in [-0.2, -0.15) is 30.0 Å². The first kappa shape index (κ1) is 24.4. The van der Waals surface area contributed by atoms with Crippen molar-refractivity contribution in [3.8, 4) is 0 Å². The maximum absolute atomic E-state index is 14.5. The largest absolute Gasteiger partial charge is 0.390 e. The molecule has 0 saturated heterocycles. The van der Waals surface area contributed by atoms with Gasteiger partial charge < -0.3 is 15.4 Å². The van der Waals surface area contributed by atoms with E-state index in [0.717, 1.165) is 47.6 Å². The van der Waals surface area contributed by atoms with Crippen LogP contribution in [-0.2, 0) is 21.0 Å². The summed E-state index contributed by atoms with van der Waals surface area (Å²) in [6.07, 6.45) is -1.35. The van der Waals surface area contributed by atoms with Crippen LogP contribution in [0, 0.1) is 5.82 Å². The zero-order valence-corrected chi connectivity index (χ0v) is 18.4. The van der Waals surface area contributed by atoms with Gasteiger partial charge in [-0.25, -0.2) is 4.39 Å². The third-order valence-electron chi connectivity index (χ3n) is 5.50. The molecule has 176 valence electrons. The number of anilines is 2. The molecule has 1 aromatic heterocycles. The zero-order valence-electron chi connectivity index (χ0n) is 17.6. The lowest BCUT2D eigenvalue weighted by Gasteiger charge is -2.08. The van der Waals surface area contributed by atoms with E-state index in [2.05, 4.69) is 15.5 Å². The number of benzene rings is 1. The number of nitrogens with one attached hydrogen (secondary N) is 3. The van der Waals surface area contributed by atoms with E-state index in [9.17, 15) is 22.4 Å². The third kappa shape index (κ3) is 6.61. The Morgan fingerprint density at radius 3 is 2.81 bits per heavy atom. The number of nitrogens with zero attached hydrogens (tertiary/aromatic N) is 1. The fraction of sp³-hybridized carbons (Fsp3) is 0.524. The monoisotopic (exact) mass is 474 g/mol. The van der Waals surface area contributed by atoms with E-state index in [-0.39, 0.29) is 18.8 Å². The second kappa shape index (κ2) is 11.0. The Hall–Kier alpha value is -2.27. The quantitative estimate of drug-likeness (QED) is 0.299. The number of aromatic nitrogens is 2. The summed E-state index contributed by atoms with van der Waals surface area (Å²) in [6.45, 7) is -0.340. The number of carbonyl (C=O) groups excluding carboxylic acids is 1. The van der Waals surface area contributed by atoms with Crippen molar-refractivity contribution in [1.29, 1.82) is 0 Å². The smallest absolute Gasteiger partial charge is 0.381 e. The van der Waals surface area contributed by atoms with Crippen LogP contribution in [0.25, 0.3) is 0 Å². The minimum absolute atomic E-state index is 0.141. The van der Waals surface area contributed by atoms with Gasteiger partial charge in [0.1, 0.15) is 0 Å². The van der Waals surface area contributed by atoms with Crippen LogP contribution in [0.1, 0.15) is 48.4 Å². The van der Waals surface area contributed by atoms with E-state index in [0.29, 0.717) is 23.5 Å². The van der Waals surface area contributed by atoms with Gasteiger partial charge in [0, 0.05) is 48.4 Å². The van der Waals surface area contributed by atoms with Crippen LogP contribution in [-0.4, -0.2) is 42.5 Å². The normalized spacial score (nSPS) is 19.8. The highest BCUT2D eigenvalue weighted by Gasteiger charge is 2.27. The number of hydrogen-bond donors (Lipinski definition) is 3. The second-order valence-corrected chi connectivity index (χ2v) is 8.68. The Morgan fingerprint density at radius 2 is 2.12 bits per heavy atom. The molecule has 1 aliphatic heterocycles. The number of hydrogen-bond acceptors (Lipinski definition) is 5.